The molecule has 0 radical (unpaired) electrons. The first-order valence-corrected chi connectivity index (χ1v) is 4.47. The average Bonchev–Trinajstić information content (AvgIpc) is 2.15. The Kier molecular flexibility index (Phi) is 3.50. The number of carbonyl (C=O) groups is 1. The van der Waals surface area contributed by atoms with Crippen LogP contribution in [0, 0.1) is 5.92 Å². The Balaban J connectivity index is 2.39. The zero-order valence-electron chi connectivity index (χ0n) is 7.73. The van der Waals surface area contributed by atoms with Crippen molar-refractivity contribution in [2.45, 2.75) is 19.8 Å². The normalized spacial score (nSPS) is 12.4. The SMILES string of the molecule is CC(CCc1ccccc1)C(=O)O. The Morgan fingerprint density at radius 2 is 2.00 bits per heavy atom. The van der Waals surface area contributed by atoms with E-state index in [9.17, 15) is 4.79 Å². The number of rotatable bonds is 4. The zero-order chi connectivity index (χ0) is 9.68. The van der Waals surface area contributed by atoms with E-state index in [0.29, 0.717) is 6.42 Å². The number of benzene rings is 1. The topological polar surface area (TPSA) is 37.3 Å². The van der Waals surface area contributed by atoms with Gasteiger partial charge < -0.3 is 5.11 Å². The summed E-state index contributed by atoms with van der Waals surface area (Å²) in [6, 6.07) is 9.95. The largest absolute Gasteiger partial charge is 0.481 e. The molecule has 0 aliphatic carbocycles. The van der Waals surface area contributed by atoms with Crippen LogP contribution in [0.25, 0.3) is 0 Å². The first kappa shape index (κ1) is 9.78. The first-order chi connectivity index (χ1) is 6.20. The van der Waals surface area contributed by atoms with Crippen LogP contribution in [0.1, 0.15) is 18.9 Å². The number of aryl methyl sites for hydroxylation is 1. The van der Waals surface area contributed by atoms with Gasteiger partial charge in [-0.15, -0.1) is 0 Å². The van der Waals surface area contributed by atoms with Crippen molar-refractivity contribution in [1.82, 2.24) is 0 Å². The molecule has 1 aromatic rings. The molecule has 13 heavy (non-hydrogen) atoms. The molecule has 0 fully saturated rings. The maximum absolute atomic E-state index is 10.5. The molecule has 0 spiro atoms. The molecule has 1 N–H and O–H groups in total. The summed E-state index contributed by atoms with van der Waals surface area (Å²) in [5.74, 6) is -0.962. The molecule has 0 bridgehead atoms. The quantitative estimate of drug-likeness (QED) is 0.768. The van der Waals surface area contributed by atoms with Crippen molar-refractivity contribution in [3.05, 3.63) is 35.9 Å². The Morgan fingerprint density at radius 3 is 2.54 bits per heavy atom. The lowest BCUT2D eigenvalue weighted by Crippen LogP contribution is -2.10. The van der Waals surface area contributed by atoms with Gasteiger partial charge in [-0.05, 0) is 18.4 Å². The minimum Gasteiger partial charge on any atom is -0.481 e. The van der Waals surface area contributed by atoms with E-state index in [2.05, 4.69) is 0 Å². The molecule has 1 unspecified atom stereocenters. The van der Waals surface area contributed by atoms with Crippen molar-refractivity contribution in [1.29, 1.82) is 0 Å². The zero-order valence-corrected chi connectivity index (χ0v) is 7.73. The standard InChI is InChI=1S/C11H14O2/c1-9(11(12)13)7-8-10-5-3-2-4-6-10/h2-6,9H,7-8H2,1H3,(H,12,13). The Bertz CT molecular complexity index is 267. The third kappa shape index (κ3) is 3.28. The number of hydrogen-bond acceptors (Lipinski definition) is 1. The molecule has 0 amide bonds. The summed E-state index contributed by atoms with van der Waals surface area (Å²) in [6.07, 6.45) is 1.55. The summed E-state index contributed by atoms with van der Waals surface area (Å²) in [6.45, 7) is 1.74. The molecule has 1 aromatic carbocycles. The molecule has 0 heterocycles. The molecule has 0 aliphatic rings. The number of hydrogen-bond donors (Lipinski definition) is 1. The van der Waals surface area contributed by atoms with Crippen molar-refractivity contribution >= 4 is 5.97 Å². The highest BCUT2D eigenvalue weighted by Crippen LogP contribution is 2.09. The van der Waals surface area contributed by atoms with Gasteiger partial charge in [0.05, 0.1) is 5.92 Å². The summed E-state index contributed by atoms with van der Waals surface area (Å²) in [4.78, 5) is 10.5. The Hall–Kier alpha value is -1.31. The van der Waals surface area contributed by atoms with Gasteiger partial charge in [-0.2, -0.15) is 0 Å². The first-order valence-electron chi connectivity index (χ1n) is 4.47. The monoisotopic (exact) mass is 178 g/mol. The van der Waals surface area contributed by atoms with Gasteiger partial charge in [-0.25, -0.2) is 0 Å². The maximum atomic E-state index is 10.5. The van der Waals surface area contributed by atoms with Crippen LogP contribution in [0.3, 0.4) is 0 Å². The molecular weight excluding hydrogens is 164 g/mol. The number of carboxylic acid groups (broad SMARTS) is 1. The van der Waals surface area contributed by atoms with Gasteiger partial charge in [0.15, 0.2) is 0 Å². The number of carboxylic acids is 1. The predicted molar refractivity (Wildman–Crippen MR) is 51.6 cm³/mol. The molecule has 0 aromatic heterocycles. The van der Waals surface area contributed by atoms with Crippen molar-refractivity contribution < 1.29 is 9.90 Å². The van der Waals surface area contributed by atoms with E-state index in [1.54, 1.807) is 6.92 Å². The lowest BCUT2D eigenvalue weighted by atomic mass is 10.0. The summed E-state index contributed by atoms with van der Waals surface area (Å²) in [7, 11) is 0. The fraction of sp³-hybridized carbons (Fsp3) is 0.364. The second-order valence-corrected chi connectivity index (χ2v) is 3.26. The van der Waals surface area contributed by atoms with E-state index < -0.39 is 5.97 Å². The molecule has 2 heteroatoms. The summed E-state index contributed by atoms with van der Waals surface area (Å²) in [5.41, 5.74) is 1.20. The van der Waals surface area contributed by atoms with Gasteiger partial charge in [-0.3, -0.25) is 4.79 Å². The van der Waals surface area contributed by atoms with E-state index in [1.807, 2.05) is 30.3 Å². The van der Waals surface area contributed by atoms with Crippen LogP contribution in [-0.4, -0.2) is 11.1 Å². The van der Waals surface area contributed by atoms with Crippen LogP contribution in [0.5, 0.6) is 0 Å². The van der Waals surface area contributed by atoms with Gasteiger partial charge in [-0.1, -0.05) is 37.3 Å². The van der Waals surface area contributed by atoms with E-state index in [4.69, 9.17) is 5.11 Å². The van der Waals surface area contributed by atoms with Crippen molar-refractivity contribution in [2.24, 2.45) is 5.92 Å². The van der Waals surface area contributed by atoms with Crippen molar-refractivity contribution in [2.75, 3.05) is 0 Å². The fourth-order valence-electron chi connectivity index (χ4n) is 1.15. The van der Waals surface area contributed by atoms with Gasteiger partial charge in [0.1, 0.15) is 0 Å². The third-order valence-electron chi connectivity index (χ3n) is 2.13. The van der Waals surface area contributed by atoms with Gasteiger partial charge in [0.25, 0.3) is 0 Å². The van der Waals surface area contributed by atoms with Crippen LogP contribution < -0.4 is 0 Å². The lowest BCUT2D eigenvalue weighted by Gasteiger charge is -2.05. The molecule has 0 aliphatic heterocycles. The van der Waals surface area contributed by atoms with E-state index in [1.165, 1.54) is 5.56 Å². The summed E-state index contributed by atoms with van der Waals surface area (Å²) < 4.78 is 0. The summed E-state index contributed by atoms with van der Waals surface area (Å²) >= 11 is 0. The van der Waals surface area contributed by atoms with Crippen LogP contribution in [0.2, 0.25) is 0 Å². The van der Waals surface area contributed by atoms with Gasteiger partial charge >= 0.3 is 5.97 Å². The molecule has 1 atom stereocenters. The van der Waals surface area contributed by atoms with E-state index in [0.717, 1.165) is 6.42 Å². The maximum Gasteiger partial charge on any atom is 0.306 e. The number of aliphatic carboxylic acids is 1. The molecule has 0 saturated carbocycles. The van der Waals surface area contributed by atoms with Gasteiger partial charge in [0, 0.05) is 0 Å². The second kappa shape index (κ2) is 4.65. The molecular formula is C11H14O2. The van der Waals surface area contributed by atoms with Crippen LogP contribution in [0.15, 0.2) is 30.3 Å². The molecule has 2 nitrogen and oxygen atoms in total. The van der Waals surface area contributed by atoms with Crippen LogP contribution in [0.4, 0.5) is 0 Å². The minimum absolute atomic E-state index is 0.250. The van der Waals surface area contributed by atoms with Crippen molar-refractivity contribution in [3.8, 4) is 0 Å². The third-order valence-corrected chi connectivity index (χ3v) is 2.13. The summed E-state index contributed by atoms with van der Waals surface area (Å²) in [5, 5.41) is 8.66. The molecule has 1 rings (SSSR count). The lowest BCUT2D eigenvalue weighted by molar-refractivity contribution is -0.141. The minimum atomic E-state index is -0.712. The Labute approximate surface area is 78.2 Å². The smallest absolute Gasteiger partial charge is 0.306 e. The second-order valence-electron chi connectivity index (χ2n) is 3.26. The van der Waals surface area contributed by atoms with Crippen LogP contribution >= 0.6 is 0 Å². The highest BCUT2D eigenvalue weighted by Gasteiger charge is 2.09. The van der Waals surface area contributed by atoms with E-state index >= 15 is 0 Å². The predicted octanol–water partition coefficient (Wildman–Crippen LogP) is 2.34. The molecule has 70 valence electrons. The van der Waals surface area contributed by atoms with Crippen LogP contribution in [-0.2, 0) is 11.2 Å². The average molecular weight is 178 g/mol. The molecule has 0 saturated heterocycles. The Morgan fingerprint density at radius 1 is 1.38 bits per heavy atom. The van der Waals surface area contributed by atoms with E-state index in [-0.39, 0.29) is 5.92 Å². The fourth-order valence-corrected chi connectivity index (χ4v) is 1.15. The highest BCUT2D eigenvalue weighted by atomic mass is 16.4. The van der Waals surface area contributed by atoms with Crippen molar-refractivity contribution in [3.63, 3.8) is 0 Å². The van der Waals surface area contributed by atoms with Gasteiger partial charge in [0.2, 0.25) is 0 Å². The highest BCUT2D eigenvalue weighted by molar-refractivity contribution is 5.69.